The van der Waals surface area contributed by atoms with Crippen molar-refractivity contribution in [3.8, 4) is 11.5 Å². The zero-order chi connectivity index (χ0) is 23.5. The van der Waals surface area contributed by atoms with Crippen LogP contribution in [0.3, 0.4) is 0 Å². The van der Waals surface area contributed by atoms with Crippen LogP contribution in [-0.4, -0.2) is 66.2 Å². The molecule has 1 unspecified atom stereocenters. The Kier molecular flexibility index (Phi) is 6.30. The first-order valence-electron chi connectivity index (χ1n) is 10.7. The van der Waals surface area contributed by atoms with Gasteiger partial charge >= 0.3 is 0 Å². The molecule has 0 spiro atoms. The fourth-order valence-electron chi connectivity index (χ4n) is 4.07. The summed E-state index contributed by atoms with van der Waals surface area (Å²) < 4.78 is 10.8. The number of anilines is 1. The Hall–Kier alpha value is -3.88. The molecule has 0 saturated carbocycles. The quantitative estimate of drug-likeness (QED) is 0.633. The molecule has 9 nitrogen and oxygen atoms in total. The molecule has 0 bridgehead atoms. The molecule has 1 saturated heterocycles. The minimum Gasteiger partial charge on any atom is -0.497 e. The number of aromatic nitrogens is 2. The Morgan fingerprint density at radius 3 is 2.42 bits per heavy atom. The molecule has 1 amide bonds. The number of Topliss-reactive ketones (excluding diaryl/α,β-unsaturated/α-hetero) is 1. The van der Waals surface area contributed by atoms with E-state index in [1.165, 1.54) is 6.92 Å². The van der Waals surface area contributed by atoms with Crippen LogP contribution in [0.1, 0.15) is 25.1 Å². The fourth-order valence-corrected chi connectivity index (χ4v) is 4.07. The molecule has 3 aromatic rings. The van der Waals surface area contributed by atoms with Crippen molar-refractivity contribution >= 4 is 34.2 Å². The first-order valence-corrected chi connectivity index (χ1v) is 10.7. The van der Waals surface area contributed by atoms with E-state index in [9.17, 15) is 9.59 Å². The molecule has 1 aromatic heterocycles. The molecular formula is C24H27N5O4. The summed E-state index contributed by atoms with van der Waals surface area (Å²) >= 11 is 0. The van der Waals surface area contributed by atoms with Crippen LogP contribution in [0, 0.1) is 5.41 Å². The number of amides is 1. The molecule has 1 aliphatic heterocycles. The van der Waals surface area contributed by atoms with Gasteiger partial charge in [0.05, 0.1) is 25.3 Å². The van der Waals surface area contributed by atoms with Gasteiger partial charge in [0.2, 0.25) is 5.91 Å². The molecule has 1 aliphatic rings. The van der Waals surface area contributed by atoms with Gasteiger partial charge in [0, 0.05) is 56.9 Å². The van der Waals surface area contributed by atoms with Crippen molar-refractivity contribution in [2.45, 2.75) is 19.3 Å². The monoisotopic (exact) mass is 449 g/mol. The number of hydrogen-bond donors (Lipinski definition) is 2. The summed E-state index contributed by atoms with van der Waals surface area (Å²) in [6.07, 6.45) is 0.138. The van der Waals surface area contributed by atoms with E-state index in [4.69, 9.17) is 14.9 Å². The van der Waals surface area contributed by atoms with E-state index < -0.39 is 5.92 Å². The van der Waals surface area contributed by atoms with E-state index in [1.54, 1.807) is 42.2 Å². The number of benzene rings is 2. The van der Waals surface area contributed by atoms with Gasteiger partial charge in [-0.25, -0.2) is 4.98 Å². The number of hydrogen-bond acceptors (Lipinski definition) is 6. The normalized spacial score (nSPS) is 17.5. The van der Waals surface area contributed by atoms with Gasteiger partial charge in [-0.1, -0.05) is 12.1 Å². The molecular weight excluding hydrogens is 422 g/mol. The third kappa shape index (κ3) is 4.52. The van der Waals surface area contributed by atoms with Crippen LogP contribution < -0.4 is 14.4 Å². The van der Waals surface area contributed by atoms with E-state index in [-0.39, 0.29) is 23.9 Å². The predicted molar refractivity (Wildman–Crippen MR) is 125 cm³/mol. The summed E-state index contributed by atoms with van der Waals surface area (Å²) in [6.45, 7) is 2.49. The van der Waals surface area contributed by atoms with Crippen molar-refractivity contribution in [3.05, 3.63) is 48.3 Å². The van der Waals surface area contributed by atoms with Gasteiger partial charge in [0.1, 0.15) is 29.1 Å². The average Bonchev–Trinajstić information content (AvgIpc) is 3.25. The van der Waals surface area contributed by atoms with Crippen molar-refractivity contribution in [1.82, 2.24) is 14.9 Å². The SMILES string of the molecule is COc1cc(OC)cc(N2CCN(C(C)=O)CCC(=O)C(c3nc4ccccc4[nH]3)C2=N)c1. The lowest BCUT2D eigenvalue weighted by atomic mass is 9.98. The van der Waals surface area contributed by atoms with Crippen LogP contribution >= 0.6 is 0 Å². The number of aromatic amines is 1. The lowest BCUT2D eigenvalue weighted by Crippen LogP contribution is -2.41. The van der Waals surface area contributed by atoms with E-state index in [0.29, 0.717) is 42.6 Å². The zero-order valence-corrected chi connectivity index (χ0v) is 18.9. The summed E-state index contributed by atoms with van der Waals surface area (Å²) in [5.41, 5.74) is 2.16. The van der Waals surface area contributed by atoms with Gasteiger partial charge in [-0.2, -0.15) is 0 Å². The smallest absolute Gasteiger partial charge is 0.219 e. The number of ketones is 1. The molecule has 2 N–H and O–H groups in total. The molecule has 2 aromatic carbocycles. The summed E-state index contributed by atoms with van der Waals surface area (Å²) in [5, 5.41) is 9.10. The molecule has 0 radical (unpaired) electrons. The highest BCUT2D eigenvalue weighted by molar-refractivity contribution is 6.14. The van der Waals surface area contributed by atoms with Crippen molar-refractivity contribution in [3.63, 3.8) is 0 Å². The van der Waals surface area contributed by atoms with Crippen LogP contribution in [0.2, 0.25) is 0 Å². The third-order valence-electron chi connectivity index (χ3n) is 5.88. The van der Waals surface area contributed by atoms with Crippen molar-refractivity contribution in [2.75, 3.05) is 38.8 Å². The largest absolute Gasteiger partial charge is 0.497 e. The van der Waals surface area contributed by atoms with Crippen LogP contribution in [0.4, 0.5) is 5.69 Å². The number of amidine groups is 1. The second kappa shape index (κ2) is 9.32. The summed E-state index contributed by atoms with van der Waals surface area (Å²) in [4.78, 5) is 36.7. The van der Waals surface area contributed by atoms with E-state index in [1.807, 2.05) is 24.3 Å². The lowest BCUT2D eigenvalue weighted by Gasteiger charge is -2.29. The standard InChI is InChI=1S/C24H27N5O4/c1-15(30)28-9-8-21(31)22(24-26-19-6-4-5-7-20(19)27-24)23(25)29(11-10-28)16-12-17(32-2)14-18(13-16)33-3/h4-7,12-14,22,25H,8-11H2,1-3H3,(H,26,27). The maximum absolute atomic E-state index is 13.4. The van der Waals surface area contributed by atoms with Gasteiger partial charge < -0.3 is 24.3 Å². The Morgan fingerprint density at radius 1 is 1.09 bits per heavy atom. The number of ether oxygens (including phenoxy) is 2. The second-order valence-corrected chi connectivity index (χ2v) is 7.90. The van der Waals surface area contributed by atoms with Crippen LogP contribution in [0.5, 0.6) is 11.5 Å². The first-order chi connectivity index (χ1) is 15.9. The number of fused-ring (bicyclic) bond motifs is 1. The van der Waals surface area contributed by atoms with Gasteiger partial charge in [0.25, 0.3) is 0 Å². The zero-order valence-electron chi connectivity index (χ0n) is 18.9. The van der Waals surface area contributed by atoms with Crippen LogP contribution in [0.15, 0.2) is 42.5 Å². The average molecular weight is 450 g/mol. The van der Waals surface area contributed by atoms with Gasteiger partial charge in [-0.3, -0.25) is 15.0 Å². The summed E-state index contributed by atoms with van der Waals surface area (Å²) in [6, 6.07) is 12.8. The maximum Gasteiger partial charge on any atom is 0.219 e. The Bertz CT molecular complexity index is 1150. The minimum atomic E-state index is -0.901. The topological polar surface area (TPSA) is 112 Å². The first kappa shape index (κ1) is 22.3. The molecule has 9 heteroatoms. The number of H-pyrrole nitrogens is 1. The van der Waals surface area contributed by atoms with Crippen molar-refractivity contribution < 1.29 is 19.1 Å². The highest BCUT2D eigenvalue weighted by atomic mass is 16.5. The van der Waals surface area contributed by atoms with E-state index >= 15 is 0 Å². The molecule has 0 aliphatic carbocycles. The Labute approximate surface area is 191 Å². The van der Waals surface area contributed by atoms with Crippen molar-refractivity contribution in [2.24, 2.45) is 0 Å². The van der Waals surface area contributed by atoms with Crippen molar-refractivity contribution in [1.29, 1.82) is 5.41 Å². The second-order valence-electron chi connectivity index (χ2n) is 7.90. The van der Waals surface area contributed by atoms with Gasteiger partial charge in [-0.05, 0) is 12.1 Å². The molecule has 4 rings (SSSR count). The van der Waals surface area contributed by atoms with E-state index in [0.717, 1.165) is 11.0 Å². The molecule has 1 fully saturated rings. The Morgan fingerprint density at radius 2 is 1.79 bits per heavy atom. The lowest BCUT2D eigenvalue weighted by molar-refractivity contribution is -0.129. The van der Waals surface area contributed by atoms with Gasteiger partial charge in [0.15, 0.2) is 5.78 Å². The number of methoxy groups -OCH3 is 2. The number of para-hydroxylation sites is 2. The molecule has 2 heterocycles. The molecule has 33 heavy (non-hydrogen) atoms. The molecule has 172 valence electrons. The number of carbonyl (C=O) groups excluding carboxylic acids is 2. The molecule has 1 atom stereocenters. The van der Waals surface area contributed by atoms with Crippen LogP contribution in [-0.2, 0) is 9.59 Å². The Balaban J connectivity index is 1.82. The summed E-state index contributed by atoms with van der Waals surface area (Å²) in [5.74, 6) is 0.439. The van der Waals surface area contributed by atoms with E-state index in [2.05, 4.69) is 9.97 Å². The highest BCUT2D eigenvalue weighted by Gasteiger charge is 2.34. The number of rotatable bonds is 4. The third-order valence-corrected chi connectivity index (χ3v) is 5.88. The predicted octanol–water partition coefficient (Wildman–Crippen LogP) is 2.97. The number of imidazole rings is 1. The number of carbonyl (C=O) groups is 2. The highest BCUT2D eigenvalue weighted by Crippen LogP contribution is 2.32. The summed E-state index contributed by atoms with van der Waals surface area (Å²) in [7, 11) is 3.11. The van der Waals surface area contributed by atoms with Gasteiger partial charge in [-0.15, -0.1) is 0 Å². The minimum absolute atomic E-state index is 0.0831. The van der Waals surface area contributed by atoms with Crippen LogP contribution in [0.25, 0.3) is 11.0 Å². The maximum atomic E-state index is 13.4. The number of nitrogens with one attached hydrogen (secondary N) is 2. The number of nitrogens with zero attached hydrogens (tertiary/aromatic N) is 3. The fraction of sp³-hybridized carbons (Fsp3) is 0.333.